The molecule has 0 bridgehead atoms. The second-order valence-corrected chi connectivity index (χ2v) is 7.99. The smallest absolute Gasteiger partial charge is 0.211 e. The summed E-state index contributed by atoms with van der Waals surface area (Å²) in [6.45, 7) is 4.69. The van der Waals surface area contributed by atoms with Crippen LogP contribution in [0, 0.1) is 13.8 Å². The van der Waals surface area contributed by atoms with E-state index in [0.717, 1.165) is 29.8 Å². The number of aryl methyl sites for hydroxylation is 2. The van der Waals surface area contributed by atoms with Crippen LogP contribution in [0.15, 0.2) is 16.8 Å². The maximum Gasteiger partial charge on any atom is 0.211 e. The van der Waals surface area contributed by atoms with Gasteiger partial charge in [0.05, 0.1) is 23.2 Å². The third kappa shape index (κ3) is 3.42. The Labute approximate surface area is 135 Å². The average Bonchev–Trinajstić information content (AvgIpc) is 2.93. The molecular weight excluding hydrogens is 316 g/mol. The highest BCUT2D eigenvalue weighted by atomic mass is 32.2. The molecule has 2 aromatic rings. The van der Waals surface area contributed by atoms with E-state index in [2.05, 4.69) is 15.1 Å². The summed E-state index contributed by atoms with van der Waals surface area (Å²) in [5, 5.41) is 3.92. The van der Waals surface area contributed by atoms with Crippen molar-refractivity contribution in [3.05, 3.63) is 29.5 Å². The van der Waals surface area contributed by atoms with Crippen LogP contribution in [0.4, 0.5) is 0 Å². The minimum atomic E-state index is -3.20. The Kier molecular flexibility index (Phi) is 4.20. The third-order valence-electron chi connectivity index (χ3n) is 4.07. The Balaban J connectivity index is 2.00. The predicted molar refractivity (Wildman–Crippen MR) is 85.4 cm³/mol. The molecule has 1 saturated heterocycles. The molecule has 0 aromatic carbocycles. The molecule has 0 amide bonds. The van der Waals surface area contributed by atoms with Gasteiger partial charge in [0.15, 0.2) is 5.76 Å². The molecule has 0 radical (unpaired) electrons. The topological polar surface area (TPSA) is 89.2 Å². The first-order chi connectivity index (χ1) is 10.8. The number of piperidine rings is 1. The molecule has 0 spiro atoms. The number of sulfonamides is 1. The van der Waals surface area contributed by atoms with Crippen molar-refractivity contribution in [1.29, 1.82) is 0 Å². The predicted octanol–water partition coefficient (Wildman–Crippen LogP) is 1.89. The highest BCUT2D eigenvalue weighted by Gasteiger charge is 2.30. The van der Waals surface area contributed by atoms with E-state index < -0.39 is 10.0 Å². The van der Waals surface area contributed by atoms with Gasteiger partial charge in [-0.05, 0) is 26.7 Å². The summed E-state index contributed by atoms with van der Waals surface area (Å²) in [6.07, 6.45) is 4.69. The fourth-order valence-electron chi connectivity index (χ4n) is 2.95. The standard InChI is InChI=1S/C15H20N4O3S/c1-10-7-14(22-18-10)13-8-16-11(2)17-15(13)12-5-4-6-19(9-12)23(3,20)21/h7-8,12H,4-6,9H2,1-3H3/t12-/m0/s1. The fourth-order valence-corrected chi connectivity index (χ4v) is 3.86. The van der Waals surface area contributed by atoms with E-state index >= 15 is 0 Å². The zero-order chi connectivity index (χ0) is 16.6. The van der Waals surface area contributed by atoms with Gasteiger partial charge in [-0.3, -0.25) is 0 Å². The largest absolute Gasteiger partial charge is 0.356 e. The number of nitrogens with zero attached hydrogens (tertiary/aromatic N) is 4. The van der Waals surface area contributed by atoms with Crippen molar-refractivity contribution in [2.45, 2.75) is 32.6 Å². The van der Waals surface area contributed by atoms with E-state index in [1.54, 1.807) is 6.20 Å². The summed E-state index contributed by atoms with van der Waals surface area (Å²) in [5.74, 6) is 1.31. The van der Waals surface area contributed by atoms with Gasteiger partial charge in [0.25, 0.3) is 0 Å². The zero-order valence-electron chi connectivity index (χ0n) is 13.5. The molecule has 3 rings (SSSR count). The van der Waals surface area contributed by atoms with Crippen molar-refractivity contribution < 1.29 is 12.9 Å². The molecule has 1 aliphatic heterocycles. The first kappa shape index (κ1) is 16.1. The van der Waals surface area contributed by atoms with Gasteiger partial charge in [0.1, 0.15) is 5.82 Å². The lowest BCUT2D eigenvalue weighted by Gasteiger charge is -2.31. The molecular formula is C15H20N4O3S. The summed E-state index contributed by atoms with van der Waals surface area (Å²) in [5.41, 5.74) is 2.41. The van der Waals surface area contributed by atoms with Gasteiger partial charge < -0.3 is 4.52 Å². The minimum absolute atomic E-state index is 0.0283. The summed E-state index contributed by atoms with van der Waals surface area (Å²) in [7, 11) is -3.20. The Morgan fingerprint density at radius 3 is 2.78 bits per heavy atom. The molecule has 1 fully saturated rings. The van der Waals surface area contributed by atoms with Crippen molar-refractivity contribution >= 4 is 10.0 Å². The van der Waals surface area contributed by atoms with Crippen molar-refractivity contribution in [2.75, 3.05) is 19.3 Å². The molecule has 0 N–H and O–H groups in total. The number of hydrogen-bond donors (Lipinski definition) is 0. The molecule has 23 heavy (non-hydrogen) atoms. The number of aromatic nitrogens is 3. The first-order valence-corrected chi connectivity index (χ1v) is 9.42. The molecule has 3 heterocycles. The monoisotopic (exact) mass is 336 g/mol. The van der Waals surface area contributed by atoms with E-state index in [-0.39, 0.29) is 5.92 Å². The van der Waals surface area contributed by atoms with Crippen LogP contribution in [0.1, 0.15) is 36.0 Å². The van der Waals surface area contributed by atoms with Gasteiger partial charge in [0.2, 0.25) is 10.0 Å². The van der Waals surface area contributed by atoms with Crippen LogP contribution >= 0.6 is 0 Å². The maximum atomic E-state index is 11.9. The molecule has 0 saturated carbocycles. The Bertz CT molecular complexity index is 816. The summed E-state index contributed by atoms with van der Waals surface area (Å²) in [6, 6.07) is 1.84. The summed E-state index contributed by atoms with van der Waals surface area (Å²) >= 11 is 0. The summed E-state index contributed by atoms with van der Waals surface area (Å²) in [4.78, 5) is 8.84. The minimum Gasteiger partial charge on any atom is -0.356 e. The van der Waals surface area contributed by atoms with E-state index in [4.69, 9.17) is 4.52 Å². The van der Waals surface area contributed by atoms with Crippen LogP contribution in [0.25, 0.3) is 11.3 Å². The second kappa shape index (κ2) is 6.01. The quantitative estimate of drug-likeness (QED) is 0.850. The SMILES string of the molecule is Cc1cc(-c2cnc(C)nc2[C@H]2CCCN(S(C)(=O)=O)C2)on1. The van der Waals surface area contributed by atoms with Crippen LogP contribution in [-0.4, -0.2) is 47.2 Å². The molecule has 124 valence electrons. The van der Waals surface area contributed by atoms with Crippen molar-refractivity contribution in [3.8, 4) is 11.3 Å². The second-order valence-electron chi connectivity index (χ2n) is 6.01. The molecule has 2 aromatic heterocycles. The zero-order valence-corrected chi connectivity index (χ0v) is 14.3. The van der Waals surface area contributed by atoms with Gasteiger partial charge in [0, 0.05) is 31.3 Å². The molecule has 7 nitrogen and oxygen atoms in total. The van der Waals surface area contributed by atoms with Crippen LogP contribution in [-0.2, 0) is 10.0 Å². The van der Waals surface area contributed by atoms with Crippen molar-refractivity contribution in [3.63, 3.8) is 0 Å². The van der Waals surface area contributed by atoms with E-state index in [1.165, 1.54) is 10.6 Å². The molecule has 8 heteroatoms. The lowest BCUT2D eigenvalue weighted by molar-refractivity contribution is 0.314. The molecule has 1 atom stereocenters. The Hall–Kier alpha value is -1.80. The third-order valence-corrected chi connectivity index (χ3v) is 5.34. The molecule has 1 aliphatic rings. The Morgan fingerprint density at radius 2 is 2.13 bits per heavy atom. The molecule has 0 aliphatic carbocycles. The Morgan fingerprint density at radius 1 is 1.35 bits per heavy atom. The van der Waals surface area contributed by atoms with Gasteiger partial charge in [-0.2, -0.15) is 0 Å². The average molecular weight is 336 g/mol. The van der Waals surface area contributed by atoms with Crippen LogP contribution in [0.3, 0.4) is 0 Å². The molecule has 0 unspecified atom stereocenters. The fraction of sp³-hybridized carbons (Fsp3) is 0.533. The summed E-state index contributed by atoms with van der Waals surface area (Å²) < 4.78 is 30.6. The van der Waals surface area contributed by atoms with Crippen LogP contribution in [0.5, 0.6) is 0 Å². The van der Waals surface area contributed by atoms with Gasteiger partial charge in [-0.25, -0.2) is 22.7 Å². The lowest BCUT2D eigenvalue weighted by Crippen LogP contribution is -2.38. The van der Waals surface area contributed by atoms with Crippen molar-refractivity contribution in [1.82, 2.24) is 19.4 Å². The van der Waals surface area contributed by atoms with E-state index in [9.17, 15) is 8.42 Å². The van der Waals surface area contributed by atoms with Crippen molar-refractivity contribution in [2.24, 2.45) is 0 Å². The van der Waals surface area contributed by atoms with E-state index in [1.807, 2.05) is 19.9 Å². The highest BCUT2D eigenvalue weighted by molar-refractivity contribution is 7.88. The number of hydrogen-bond acceptors (Lipinski definition) is 6. The van der Waals surface area contributed by atoms with Crippen LogP contribution < -0.4 is 0 Å². The van der Waals surface area contributed by atoms with Crippen LogP contribution in [0.2, 0.25) is 0 Å². The maximum absolute atomic E-state index is 11.9. The normalized spacial score (nSPS) is 19.9. The lowest BCUT2D eigenvalue weighted by atomic mass is 9.92. The highest BCUT2D eigenvalue weighted by Crippen LogP contribution is 2.33. The first-order valence-electron chi connectivity index (χ1n) is 7.57. The van der Waals surface area contributed by atoms with Gasteiger partial charge in [-0.1, -0.05) is 5.16 Å². The van der Waals surface area contributed by atoms with Gasteiger partial charge >= 0.3 is 0 Å². The van der Waals surface area contributed by atoms with Gasteiger partial charge in [-0.15, -0.1) is 0 Å². The number of rotatable bonds is 3. The van der Waals surface area contributed by atoms with E-state index in [0.29, 0.717) is 24.7 Å².